The Labute approximate surface area is 106 Å². The van der Waals surface area contributed by atoms with Gasteiger partial charge in [-0.05, 0) is 38.3 Å². The van der Waals surface area contributed by atoms with E-state index >= 15 is 0 Å². The third-order valence-corrected chi connectivity index (χ3v) is 4.10. The minimum absolute atomic E-state index is 0.423. The molecule has 2 saturated heterocycles. The first kappa shape index (κ1) is 13.3. The summed E-state index contributed by atoms with van der Waals surface area (Å²) < 4.78 is 5.79. The van der Waals surface area contributed by atoms with Gasteiger partial charge in [-0.3, -0.25) is 0 Å². The molecular formula is C14H28N2O. The standard InChI is InChI=1S/C14H28N2O/c1-2-4-13-5-3-8-16(9-6-13)12-14-11-15-7-10-17-14/h13-15H,2-12H2,1H3. The molecule has 2 rings (SSSR count). The molecule has 2 fully saturated rings. The van der Waals surface area contributed by atoms with E-state index in [1.54, 1.807) is 0 Å². The van der Waals surface area contributed by atoms with Crippen LogP contribution >= 0.6 is 0 Å². The average Bonchev–Trinajstić information content (AvgIpc) is 2.57. The second-order valence-corrected chi connectivity index (χ2v) is 5.58. The van der Waals surface area contributed by atoms with Gasteiger partial charge in [0.2, 0.25) is 0 Å². The van der Waals surface area contributed by atoms with Crippen LogP contribution in [-0.4, -0.2) is 50.3 Å². The smallest absolute Gasteiger partial charge is 0.0826 e. The van der Waals surface area contributed by atoms with E-state index in [4.69, 9.17) is 4.74 Å². The highest BCUT2D eigenvalue weighted by molar-refractivity contribution is 4.75. The second kappa shape index (κ2) is 7.34. The maximum absolute atomic E-state index is 5.79. The first-order valence-electron chi connectivity index (χ1n) is 7.43. The van der Waals surface area contributed by atoms with E-state index in [2.05, 4.69) is 17.1 Å². The average molecular weight is 240 g/mol. The lowest BCUT2D eigenvalue weighted by Crippen LogP contribution is -2.45. The Kier molecular flexibility index (Phi) is 5.75. The number of hydrogen-bond donors (Lipinski definition) is 1. The number of nitrogens with zero attached hydrogens (tertiary/aromatic N) is 1. The van der Waals surface area contributed by atoms with E-state index in [9.17, 15) is 0 Å². The lowest BCUT2D eigenvalue weighted by atomic mass is 9.96. The molecule has 2 aliphatic rings. The zero-order chi connectivity index (χ0) is 11.9. The molecule has 3 nitrogen and oxygen atoms in total. The minimum atomic E-state index is 0.423. The van der Waals surface area contributed by atoms with E-state index in [1.165, 1.54) is 45.2 Å². The molecule has 0 amide bonds. The van der Waals surface area contributed by atoms with Gasteiger partial charge in [0.1, 0.15) is 0 Å². The number of rotatable bonds is 4. The highest BCUT2D eigenvalue weighted by Crippen LogP contribution is 2.22. The summed E-state index contributed by atoms with van der Waals surface area (Å²) in [6.45, 7) is 8.95. The van der Waals surface area contributed by atoms with Crippen molar-refractivity contribution < 1.29 is 4.74 Å². The molecule has 2 heterocycles. The van der Waals surface area contributed by atoms with Crippen LogP contribution in [-0.2, 0) is 4.74 Å². The van der Waals surface area contributed by atoms with Crippen molar-refractivity contribution in [1.29, 1.82) is 0 Å². The fraction of sp³-hybridized carbons (Fsp3) is 1.00. The molecule has 17 heavy (non-hydrogen) atoms. The lowest BCUT2D eigenvalue weighted by Gasteiger charge is -2.29. The summed E-state index contributed by atoms with van der Waals surface area (Å²) in [7, 11) is 0. The number of hydrogen-bond acceptors (Lipinski definition) is 3. The summed E-state index contributed by atoms with van der Waals surface area (Å²) >= 11 is 0. The van der Waals surface area contributed by atoms with E-state index in [0.717, 1.165) is 32.2 Å². The van der Waals surface area contributed by atoms with Crippen molar-refractivity contribution in [2.45, 2.75) is 45.1 Å². The molecule has 0 saturated carbocycles. The molecule has 0 aromatic rings. The summed E-state index contributed by atoms with van der Waals surface area (Å²) in [5.41, 5.74) is 0. The van der Waals surface area contributed by atoms with Crippen LogP contribution in [0.1, 0.15) is 39.0 Å². The van der Waals surface area contributed by atoms with Crippen LogP contribution in [0.25, 0.3) is 0 Å². The minimum Gasteiger partial charge on any atom is -0.374 e. The first-order valence-corrected chi connectivity index (χ1v) is 7.43. The molecule has 0 spiro atoms. The van der Waals surface area contributed by atoms with Gasteiger partial charge in [0.25, 0.3) is 0 Å². The molecule has 0 bridgehead atoms. The number of ether oxygens (including phenoxy) is 1. The number of likely N-dealkylation sites (tertiary alicyclic amines) is 1. The molecule has 100 valence electrons. The molecule has 2 unspecified atom stereocenters. The van der Waals surface area contributed by atoms with Gasteiger partial charge in [0, 0.05) is 19.6 Å². The van der Waals surface area contributed by atoms with Gasteiger partial charge < -0.3 is 15.0 Å². The van der Waals surface area contributed by atoms with Crippen molar-refractivity contribution in [1.82, 2.24) is 10.2 Å². The van der Waals surface area contributed by atoms with E-state index in [1.807, 2.05) is 0 Å². The lowest BCUT2D eigenvalue weighted by molar-refractivity contribution is 0.00596. The Morgan fingerprint density at radius 3 is 3.00 bits per heavy atom. The second-order valence-electron chi connectivity index (χ2n) is 5.58. The van der Waals surface area contributed by atoms with Gasteiger partial charge in [-0.2, -0.15) is 0 Å². The molecule has 0 radical (unpaired) electrons. The van der Waals surface area contributed by atoms with Crippen molar-refractivity contribution in [3.8, 4) is 0 Å². The van der Waals surface area contributed by atoms with Crippen LogP contribution in [0.15, 0.2) is 0 Å². The third kappa shape index (κ3) is 4.57. The van der Waals surface area contributed by atoms with Crippen molar-refractivity contribution in [3.05, 3.63) is 0 Å². The van der Waals surface area contributed by atoms with E-state index in [0.29, 0.717) is 6.10 Å². The normalized spacial score (nSPS) is 32.3. The molecular weight excluding hydrogens is 212 g/mol. The summed E-state index contributed by atoms with van der Waals surface area (Å²) in [4.78, 5) is 2.62. The van der Waals surface area contributed by atoms with E-state index in [-0.39, 0.29) is 0 Å². The summed E-state index contributed by atoms with van der Waals surface area (Å²) in [6.07, 6.45) is 7.41. The van der Waals surface area contributed by atoms with Gasteiger partial charge >= 0.3 is 0 Å². The molecule has 1 N–H and O–H groups in total. The molecule has 2 atom stereocenters. The van der Waals surface area contributed by atoms with Crippen LogP contribution < -0.4 is 5.32 Å². The quantitative estimate of drug-likeness (QED) is 0.812. The Morgan fingerprint density at radius 2 is 2.24 bits per heavy atom. The van der Waals surface area contributed by atoms with Crippen molar-refractivity contribution in [2.75, 3.05) is 39.3 Å². The van der Waals surface area contributed by atoms with Gasteiger partial charge in [-0.1, -0.05) is 19.8 Å². The molecule has 0 aromatic heterocycles. The van der Waals surface area contributed by atoms with Crippen molar-refractivity contribution in [3.63, 3.8) is 0 Å². The number of morpholine rings is 1. The maximum atomic E-state index is 5.79. The van der Waals surface area contributed by atoms with E-state index < -0.39 is 0 Å². The molecule has 2 aliphatic heterocycles. The maximum Gasteiger partial charge on any atom is 0.0826 e. The first-order chi connectivity index (χ1) is 8.38. The molecule has 0 aliphatic carbocycles. The van der Waals surface area contributed by atoms with Crippen molar-refractivity contribution in [2.24, 2.45) is 5.92 Å². The highest BCUT2D eigenvalue weighted by Gasteiger charge is 2.20. The predicted molar refractivity (Wildman–Crippen MR) is 71.3 cm³/mol. The summed E-state index contributed by atoms with van der Waals surface area (Å²) in [5.74, 6) is 0.982. The Bertz CT molecular complexity index is 204. The topological polar surface area (TPSA) is 24.5 Å². The monoisotopic (exact) mass is 240 g/mol. The molecule has 0 aromatic carbocycles. The van der Waals surface area contributed by atoms with Gasteiger partial charge in [-0.25, -0.2) is 0 Å². The zero-order valence-corrected chi connectivity index (χ0v) is 11.3. The van der Waals surface area contributed by atoms with Crippen LogP contribution in [0, 0.1) is 5.92 Å². The van der Waals surface area contributed by atoms with Crippen LogP contribution in [0.2, 0.25) is 0 Å². The van der Waals surface area contributed by atoms with Gasteiger partial charge in [0.15, 0.2) is 0 Å². The Balaban J connectivity index is 1.70. The third-order valence-electron chi connectivity index (χ3n) is 4.10. The fourth-order valence-electron chi connectivity index (χ4n) is 3.13. The van der Waals surface area contributed by atoms with Crippen LogP contribution in [0.4, 0.5) is 0 Å². The SMILES string of the molecule is CCCC1CCCN(CC2CNCCO2)CC1. The Morgan fingerprint density at radius 1 is 1.29 bits per heavy atom. The largest absolute Gasteiger partial charge is 0.374 e. The molecule has 3 heteroatoms. The predicted octanol–water partition coefficient (Wildman–Crippen LogP) is 1.88. The Hall–Kier alpha value is -0.120. The van der Waals surface area contributed by atoms with Crippen LogP contribution in [0.5, 0.6) is 0 Å². The van der Waals surface area contributed by atoms with Gasteiger partial charge in [-0.15, -0.1) is 0 Å². The van der Waals surface area contributed by atoms with Crippen LogP contribution in [0.3, 0.4) is 0 Å². The summed E-state index contributed by atoms with van der Waals surface area (Å²) in [5, 5.41) is 3.42. The van der Waals surface area contributed by atoms with Gasteiger partial charge in [0.05, 0.1) is 12.7 Å². The fourth-order valence-corrected chi connectivity index (χ4v) is 3.13. The number of nitrogens with one attached hydrogen (secondary N) is 1. The van der Waals surface area contributed by atoms with Crippen molar-refractivity contribution >= 4 is 0 Å². The summed E-state index contributed by atoms with van der Waals surface area (Å²) in [6, 6.07) is 0. The zero-order valence-electron chi connectivity index (χ0n) is 11.3. The highest BCUT2D eigenvalue weighted by atomic mass is 16.5.